The first-order chi connectivity index (χ1) is 44.7. The summed E-state index contributed by atoms with van der Waals surface area (Å²) in [6.45, 7) is 0. The number of carboxylic acids is 3. The average molecular weight is 1300 g/mol. The van der Waals surface area contributed by atoms with E-state index in [4.69, 9.17) is 31.7 Å². The first kappa shape index (κ1) is 70.1. The highest BCUT2D eigenvalue weighted by molar-refractivity contribution is 6.31. The van der Waals surface area contributed by atoms with Gasteiger partial charge in [-0.1, -0.05) is 60.1 Å². The first-order valence-electron chi connectivity index (χ1n) is 28.7. The highest BCUT2D eigenvalue weighted by Crippen LogP contribution is 2.30. The van der Waals surface area contributed by atoms with Gasteiger partial charge in [-0.05, 0) is 114 Å². The molecule has 94 heavy (non-hydrogen) atoms. The van der Waals surface area contributed by atoms with Gasteiger partial charge in [0.2, 0.25) is 0 Å². The predicted molar refractivity (Wildman–Crippen MR) is 351 cm³/mol. The van der Waals surface area contributed by atoms with Crippen molar-refractivity contribution in [3.63, 3.8) is 0 Å². The van der Waals surface area contributed by atoms with Crippen LogP contribution >= 0.6 is 11.6 Å². The number of nitrogens with one attached hydrogen (secondary N) is 3. The van der Waals surface area contributed by atoms with Gasteiger partial charge in [0.05, 0.1) is 31.9 Å². The van der Waals surface area contributed by atoms with Crippen molar-refractivity contribution in [1.29, 1.82) is 0 Å². The molecular weight excluding hydrogens is 1240 g/mol. The van der Waals surface area contributed by atoms with E-state index in [1.165, 1.54) is 6.20 Å². The smallest absolute Gasteiger partial charge is 0.416 e. The number of carboxylic acid groups (broad SMARTS) is 3. The Labute approximate surface area is 544 Å². The molecule has 0 saturated carbocycles. The molecule has 26 heteroatoms. The molecule has 486 valence electrons. The number of carbonyl (C=O) groups excluding carboxylic acids is 3. The summed E-state index contributed by atoms with van der Waals surface area (Å²) < 4.78 is 43.1. The lowest BCUT2D eigenvalue weighted by molar-refractivity contribution is -0.138. The number of carbonyl (C=O) groups is 6. The maximum absolute atomic E-state index is 12.7. The maximum atomic E-state index is 12.7. The van der Waals surface area contributed by atoms with Crippen molar-refractivity contribution < 1.29 is 62.0 Å². The Kier molecular flexibility index (Phi) is 24.3. The van der Waals surface area contributed by atoms with Gasteiger partial charge in [0.1, 0.15) is 40.7 Å². The van der Waals surface area contributed by atoms with E-state index < -0.39 is 35.6 Å². The molecule has 3 aromatic heterocycles. The monoisotopic (exact) mass is 1300 g/mol. The Bertz CT molecular complexity index is 4140. The molecule has 0 aliphatic rings. The van der Waals surface area contributed by atoms with Crippen molar-refractivity contribution in [3.8, 4) is 5.75 Å². The Morgan fingerprint density at radius 2 is 0.787 bits per heavy atom. The van der Waals surface area contributed by atoms with E-state index in [1.54, 1.807) is 121 Å². The van der Waals surface area contributed by atoms with Crippen molar-refractivity contribution in [3.05, 3.63) is 242 Å². The summed E-state index contributed by atoms with van der Waals surface area (Å²) in [7, 11) is 12.4. The molecule has 0 radical (unpaired) electrons. The molecule has 22 nitrogen and oxygen atoms in total. The number of anilines is 6. The summed E-state index contributed by atoms with van der Waals surface area (Å²) in [5.74, 6) is 0.213. The van der Waals surface area contributed by atoms with Gasteiger partial charge in [-0.2, -0.15) is 13.2 Å². The van der Waals surface area contributed by atoms with Crippen LogP contribution in [0, 0.1) is 0 Å². The van der Waals surface area contributed by atoms with E-state index >= 15 is 0 Å². The fourth-order valence-corrected chi connectivity index (χ4v) is 9.25. The van der Waals surface area contributed by atoms with Crippen LogP contribution in [0.25, 0.3) is 0 Å². The second-order valence-corrected chi connectivity index (χ2v) is 22.0. The maximum Gasteiger partial charge on any atom is 0.416 e. The molecule has 0 spiro atoms. The topological polar surface area (TPSA) is 295 Å². The summed E-state index contributed by atoms with van der Waals surface area (Å²) in [5.41, 5.74) is 6.53. The van der Waals surface area contributed by atoms with E-state index in [0.29, 0.717) is 110 Å². The Morgan fingerprint density at radius 3 is 1.10 bits per heavy atom. The van der Waals surface area contributed by atoms with E-state index in [9.17, 15) is 41.9 Å². The van der Waals surface area contributed by atoms with E-state index in [0.717, 1.165) is 41.0 Å². The van der Waals surface area contributed by atoms with Gasteiger partial charge in [-0.3, -0.25) is 28.8 Å². The zero-order chi connectivity index (χ0) is 68.2. The minimum absolute atomic E-state index is 0.109. The summed E-state index contributed by atoms with van der Waals surface area (Å²) in [6, 6.07) is 39.4. The SMILES string of the molecule is CN(C)c1nc(Cc2ccc(NC(=O)c3ccc(C(F)(F)F)cc3)cc2)ncc1CC(=O)O.CN(C)c1nc(Cc2ccc(NC(=O)c3cccc(Cl)c3)cc2)ncc1CC(=O)O.COc1cccc(C(=O)Nc2ccc(Cc3ncc(CC(=O)O)c(N(C)C)n3)cc2)c1. The molecule has 9 aromatic rings. The number of alkyl halides is 3. The van der Waals surface area contributed by atoms with Gasteiger partial charge < -0.3 is 50.7 Å². The molecule has 0 atom stereocenters. The Morgan fingerprint density at radius 1 is 0.457 bits per heavy atom. The van der Waals surface area contributed by atoms with Crippen molar-refractivity contribution in [2.45, 2.75) is 44.7 Å². The average Bonchev–Trinajstić information content (AvgIpc) is 0.923. The molecule has 0 aliphatic carbocycles. The third-order valence-electron chi connectivity index (χ3n) is 13.6. The summed E-state index contributed by atoms with van der Waals surface area (Å²) in [4.78, 5) is 102. The molecule has 0 bridgehead atoms. The summed E-state index contributed by atoms with van der Waals surface area (Å²) >= 11 is 5.93. The van der Waals surface area contributed by atoms with Crippen molar-refractivity contribution in [2.75, 3.05) is 80.0 Å². The quantitative estimate of drug-likeness (QED) is 0.0367. The number of amides is 3. The number of nitrogens with zero attached hydrogens (tertiary/aromatic N) is 9. The normalized spacial score (nSPS) is 10.7. The molecule has 6 N–H and O–H groups in total. The zero-order valence-corrected chi connectivity index (χ0v) is 52.8. The fraction of sp³-hybridized carbons (Fsp3) is 0.206. The van der Waals surface area contributed by atoms with E-state index in [2.05, 4.69) is 45.9 Å². The van der Waals surface area contributed by atoms with Crippen LogP contribution in [-0.4, -0.2) is 130 Å². The van der Waals surface area contributed by atoms with Crippen LogP contribution < -0.4 is 35.4 Å². The highest BCUT2D eigenvalue weighted by atomic mass is 35.5. The number of aliphatic carboxylic acids is 3. The predicted octanol–water partition coefficient (Wildman–Crippen LogP) is 10.7. The van der Waals surface area contributed by atoms with Crippen LogP contribution in [-0.2, 0) is 59.1 Å². The van der Waals surface area contributed by atoms with Gasteiger partial charge in [0.25, 0.3) is 17.7 Å². The first-order valence-corrected chi connectivity index (χ1v) is 29.1. The number of methoxy groups -OCH3 is 1. The number of aromatic nitrogens is 6. The Balaban J connectivity index is 0.000000200. The lowest BCUT2D eigenvalue weighted by atomic mass is 10.1. The van der Waals surface area contributed by atoms with Crippen LogP contribution in [0.5, 0.6) is 5.75 Å². The summed E-state index contributed by atoms with van der Waals surface area (Å²) in [6.07, 6.45) is 1.09. The largest absolute Gasteiger partial charge is 0.497 e. The highest BCUT2D eigenvalue weighted by Gasteiger charge is 2.30. The number of rotatable bonds is 22. The minimum Gasteiger partial charge on any atom is -0.497 e. The molecule has 9 rings (SSSR count). The molecule has 0 aliphatic heterocycles. The molecule has 0 unspecified atom stereocenters. The lowest BCUT2D eigenvalue weighted by Crippen LogP contribution is -2.17. The van der Waals surface area contributed by atoms with Gasteiger partial charge in [-0.15, -0.1) is 0 Å². The van der Waals surface area contributed by atoms with Crippen LogP contribution in [0.1, 0.15) is 87.5 Å². The molecule has 6 aromatic carbocycles. The third-order valence-corrected chi connectivity index (χ3v) is 13.8. The van der Waals surface area contributed by atoms with Crippen molar-refractivity contribution in [1.82, 2.24) is 29.9 Å². The van der Waals surface area contributed by atoms with Gasteiger partial charge in [-0.25, -0.2) is 29.9 Å². The van der Waals surface area contributed by atoms with Crippen LogP contribution in [0.2, 0.25) is 5.02 Å². The van der Waals surface area contributed by atoms with E-state index in [-0.39, 0.29) is 36.6 Å². The van der Waals surface area contributed by atoms with Crippen LogP contribution in [0.3, 0.4) is 0 Å². The van der Waals surface area contributed by atoms with Gasteiger partial charge >= 0.3 is 24.1 Å². The van der Waals surface area contributed by atoms with E-state index in [1.807, 2.05) is 76.7 Å². The minimum atomic E-state index is -4.46. The van der Waals surface area contributed by atoms with Crippen LogP contribution in [0.4, 0.5) is 47.7 Å². The lowest BCUT2D eigenvalue weighted by Gasteiger charge is -2.16. The van der Waals surface area contributed by atoms with Crippen molar-refractivity contribution in [2.24, 2.45) is 0 Å². The molecular formula is C68H66ClF3N12O10. The molecule has 3 heterocycles. The zero-order valence-electron chi connectivity index (χ0n) is 52.1. The third kappa shape index (κ3) is 21.1. The van der Waals surface area contributed by atoms with Gasteiger partial charge in [0, 0.05) is 136 Å². The summed E-state index contributed by atoms with van der Waals surface area (Å²) in [5, 5.41) is 36.0. The standard InChI is InChI=1S/C23H21F3N4O3.C23H24N4O4.C22H21ClN4O3/c1-30(2)21-16(12-20(31)32)13-27-19(29-21)11-14-3-9-18(10-4-14)28-22(33)15-5-7-17(8-6-15)23(24,25)26;1-27(2)22-17(13-21(28)29)14-24-20(26-22)11-15-7-9-18(10-8-15)25-23(30)16-5-4-6-19(12-16)31-3;1-27(2)21-16(12-20(28)29)13-24-19(26-21)10-14-6-8-18(9-7-14)25-22(30)15-4-3-5-17(23)11-15/h3-10,13H,11-12H2,1-2H3,(H,28,33)(H,31,32);4-10,12,14H,11,13H2,1-3H3,(H,25,30)(H,28,29);3-9,11,13H,10,12H2,1-2H3,(H,25,30)(H,28,29). The Hall–Kier alpha value is -11.3. The van der Waals surface area contributed by atoms with Crippen LogP contribution in [0.15, 0.2) is 164 Å². The molecule has 3 amide bonds. The molecule has 0 fully saturated rings. The molecule has 0 saturated heterocycles. The fourth-order valence-electron chi connectivity index (χ4n) is 9.06. The second-order valence-electron chi connectivity index (χ2n) is 21.6. The number of hydrogen-bond donors (Lipinski definition) is 6. The van der Waals surface area contributed by atoms with Crippen molar-refractivity contribution >= 4 is 81.7 Å². The number of halogens is 4. The number of benzene rings is 6. The second kappa shape index (κ2) is 32.6. The number of hydrogen-bond acceptors (Lipinski definition) is 16. The van der Waals surface area contributed by atoms with Gasteiger partial charge in [0.15, 0.2) is 0 Å². The number of ether oxygens (including phenoxy) is 1.